The van der Waals surface area contributed by atoms with E-state index in [1.54, 1.807) is 4.68 Å². The normalized spacial score (nSPS) is 29.0. The standard InChI is InChI=1S/C14H22N4O2/c1-3-14(4-2,13(19)20)18-12(15-16-17-18)11-8-9-5-6-10(11)7-9/h9-11H,3-8H2,1-2H3,(H,19,20). The molecule has 110 valence electrons. The van der Waals surface area contributed by atoms with Crippen LogP contribution in [0, 0.1) is 11.8 Å². The summed E-state index contributed by atoms with van der Waals surface area (Å²) in [5, 5.41) is 21.7. The Morgan fingerprint density at radius 1 is 1.35 bits per heavy atom. The average molecular weight is 278 g/mol. The Balaban J connectivity index is 1.99. The van der Waals surface area contributed by atoms with Crippen molar-refractivity contribution in [1.29, 1.82) is 0 Å². The van der Waals surface area contributed by atoms with Crippen LogP contribution in [0.1, 0.15) is 64.1 Å². The molecule has 2 aliphatic carbocycles. The van der Waals surface area contributed by atoms with Gasteiger partial charge in [-0.1, -0.05) is 20.3 Å². The summed E-state index contributed by atoms with van der Waals surface area (Å²) in [6.07, 6.45) is 5.92. The summed E-state index contributed by atoms with van der Waals surface area (Å²) in [4.78, 5) is 11.8. The molecule has 6 heteroatoms. The molecule has 3 unspecified atom stereocenters. The molecule has 6 nitrogen and oxygen atoms in total. The topological polar surface area (TPSA) is 80.9 Å². The first kappa shape index (κ1) is 13.5. The molecule has 1 heterocycles. The van der Waals surface area contributed by atoms with Gasteiger partial charge in [-0.15, -0.1) is 5.10 Å². The Morgan fingerprint density at radius 3 is 2.60 bits per heavy atom. The van der Waals surface area contributed by atoms with Crippen molar-refractivity contribution in [2.24, 2.45) is 11.8 Å². The van der Waals surface area contributed by atoms with Crippen LogP contribution in [0.3, 0.4) is 0 Å². The number of hydrogen-bond donors (Lipinski definition) is 1. The predicted molar refractivity (Wildman–Crippen MR) is 72.2 cm³/mol. The number of carboxylic acids is 1. The van der Waals surface area contributed by atoms with E-state index in [9.17, 15) is 9.90 Å². The molecule has 1 aromatic heterocycles. The maximum atomic E-state index is 11.8. The molecule has 0 spiro atoms. The van der Waals surface area contributed by atoms with Crippen molar-refractivity contribution in [3.63, 3.8) is 0 Å². The zero-order valence-corrected chi connectivity index (χ0v) is 12.1. The van der Waals surface area contributed by atoms with Crippen LogP contribution in [0.25, 0.3) is 0 Å². The summed E-state index contributed by atoms with van der Waals surface area (Å²) in [6.45, 7) is 3.79. The zero-order valence-electron chi connectivity index (χ0n) is 12.1. The third-order valence-electron chi connectivity index (χ3n) is 5.54. The SMILES string of the molecule is CCC(CC)(C(=O)O)n1nnnc1C1CC2CCC1C2. The summed E-state index contributed by atoms with van der Waals surface area (Å²) in [5.74, 6) is 1.74. The van der Waals surface area contributed by atoms with Crippen LogP contribution >= 0.6 is 0 Å². The fourth-order valence-corrected chi connectivity index (χ4v) is 4.23. The molecule has 0 aromatic carbocycles. The third-order valence-corrected chi connectivity index (χ3v) is 5.54. The van der Waals surface area contributed by atoms with Crippen LogP contribution in [0.4, 0.5) is 0 Å². The van der Waals surface area contributed by atoms with Crippen molar-refractivity contribution in [3.8, 4) is 0 Å². The molecule has 0 saturated heterocycles. The van der Waals surface area contributed by atoms with Crippen molar-refractivity contribution >= 4 is 5.97 Å². The number of tetrazole rings is 1. The molecular formula is C14H22N4O2. The molecule has 2 aliphatic rings. The van der Waals surface area contributed by atoms with Crippen molar-refractivity contribution in [2.45, 2.75) is 63.8 Å². The van der Waals surface area contributed by atoms with Crippen LogP contribution in [-0.4, -0.2) is 31.3 Å². The average Bonchev–Trinajstić information content (AvgIpc) is 3.16. The second-order valence-electron chi connectivity index (χ2n) is 6.27. The highest BCUT2D eigenvalue weighted by Gasteiger charge is 2.47. The van der Waals surface area contributed by atoms with Crippen molar-refractivity contribution in [2.75, 3.05) is 0 Å². The minimum atomic E-state index is -0.999. The maximum absolute atomic E-state index is 11.8. The molecule has 1 aromatic rings. The van der Waals surface area contributed by atoms with Gasteiger partial charge in [0.15, 0.2) is 11.4 Å². The van der Waals surface area contributed by atoms with Gasteiger partial charge < -0.3 is 5.11 Å². The molecule has 2 fully saturated rings. The number of carbonyl (C=O) groups is 1. The van der Waals surface area contributed by atoms with E-state index in [1.807, 2.05) is 13.8 Å². The minimum absolute atomic E-state index is 0.348. The molecule has 20 heavy (non-hydrogen) atoms. The molecular weight excluding hydrogens is 256 g/mol. The quantitative estimate of drug-likeness (QED) is 0.892. The van der Waals surface area contributed by atoms with Crippen molar-refractivity contribution in [1.82, 2.24) is 20.2 Å². The molecule has 0 aliphatic heterocycles. The Bertz CT molecular complexity index is 509. The van der Waals surface area contributed by atoms with Crippen LogP contribution in [0.5, 0.6) is 0 Å². The zero-order chi connectivity index (χ0) is 14.3. The van der Waals surface area contributed by atoms with Gasteiger partial charge in [-0.05, 0) is 54.4 Å². The lowest BCUT2D eigenvalue weighted by atomic mass is 9.86. The first-order valence-corrected chi connectivity index (χ1v) is 7.64. The number of nitrogens with zero attached hydrogens (tertiary/aromatic N) is 4. The Labute approximate surface area is 118 Å². The van der Waals surface area contributed by atoms with Crippen molar-refractivity contribution in [3.05, 3.63) is 5.82 Å². The van der Waals surface area contributed by atoms with Crippen LogP contribution in [-0.2, 0) is 10.3 Å². The largest absolute Gasteiger partial charge is 0.479 e. The van der Waals surface area contributed by atoms with Gasteiger partial charge in [-0.2, -0.15) is 0 Å². The Kier molecular flexibility index (Phi) is 3.26. The van der Waals surface area contributed by atoms with Crippen LogP contribution in [0.2, 0.25) is 0 Å². The van der Waals surface area contributed by atoms with E-state index in [0.29, 0.717) is 24.7 Å². The van der Waals surface area contributed by atoms with Crippen molar-refractivity contribution < 1.29 is 9.90 Å². The highest BCUT2D eigenvalue weighted by Crippen LogP contribution is 2.52. The lowest BCUT2D eigenvalue weighted by molar-refractivity contribution is -0.149. The molecule has 0 amide bonds. The third kappa shape index (κ3) is 1.77. The summed E-state index contributed by atoms with van der Waals surface area (Å²) in [6, 6.07) is 0. The number of carboxylic acid groups (broad SMARTS) is 1. The second-order valence-corrected chi connectivity index (χ2v) is 6.27. The van der Waals surface area contributed by atoms with E-state index in [-0.39, 0.29) is 0 Å². The molecule has 0 radical (unpaired) electrons. The maximum Gasteiger partial charge on any atom is 0.331 e. The highest BCUT2D eigenvalue weighted by molar-refractivity contribution is 5.76. The molecule has 3 rings (SSSR count). The fraction of sp³-hybridized carbons (Fsp3) is 0.857. The highest BCUT2D eigenvalue weighted by atomic mass is 16.4. The van der Waals surface area contributed by atoms with E-state index in [1.165, 1.54) is 19.3 Å². The fourth-order valence-electron chi connectivity index (χ4n) is 4.23. The van der Waals surface area contributed by atoms with E-state index in [2.05, 4.69) is 15.5 Å². The number of aromatic nitrogens is 4. The second kappa shape index (κ2) is 4.82. The summed E-state index contributed by atoms with van der Waals surface area (Å²) >= 11 is 0. The first-order valence-electron chi connectivity index (χ1n) is 7.64. The molecule has 3 atom stereocenters. The van der Waals surface area contributed by atoms with Crippen LogP contribution < -0.4 is 0 Å². The molecule has 2 bridgehead atoms. The Morgan fingerprint density at radius 2 is 2.10 bits per heavy atom. The summed E-state index contributed by atoms with van der Waals surface area (Å²) in [5.41, 5.74) is -0.999. The molecule has 1 N–H and O–H groups in total. The van der Waals surface area contributed by atoms with Crippen LogP contribution in [0.15, 0.2) is 0 Å². The number of fused-ring (bicyclic) bond motifs is 2. The monoisotopic (exact) mass is 278 g/mol. The Hall–Kier alpha value is -1.46. The van der Waals surface area contributed by atoms with E-state index in [0.717, 1.165) is 18.2 Å². The van der Waals surface area contributed by atoms with Gasteiger partial charge in [-0.3, -0.25) is 0 Å². The van der Waals surface area contributed by atoms with Gasteiger partial charge in [0, 0.05) is 5.92 Å². The minimum Gasteiger partial charge on any atom is -0.479 e. The number of rotatable bonds is 5. The predicted octanol–water partition coefficient (Wildman–Crippen LogP) is 2.18. The van der Waals surface area contributed by atoms with E-state index >= 15 is 0 Å². The first-order chi connectivity index (χ1) is 9.62. The van der Waals surface area contributed by atoms with Gasteiger partial charge in [-0.25, -0.2) is 9.48 Å². The van der Waals surface area contributed by atoms with E-state index in [4.69, 9.17) is 0 Å². The smallest absolute Gasteiger partial charge is 0.331 e. The number of aliphatic carboxylic acids is 1. The lowest BCUT2D eigenvalue weighted by Gasteiger charge is -2.30. The summed E-state index contributed by atoms with van der Waals surface area (Å²) < 4.78 is 1.61. The van der Waals surface area contributed by atoms with Gasteiger partial charge in [0.1, 0.15) is 0 Å². The van der Waals surface area contributed by atoms with Gasteiger partial charge in [0.25, 0.3) is 0 Å². The van der Waals surface area contributed by atoms with Gasteiger partial charge in [0.05, 0.1) is 0 Å². The summed E-state index contributed by atoms with van der Waals surface area (Å²) in [7, 11) is 0. The molecule has 2 saturated carbocycles. The van der Waals surface area contributed by atoms with E-state index < -0.39 is 11.5 Å². The van der Waals surface area contributed by atoms with Gasteiger partial charge in [0.2, 0.25) is 0 Å². The number of hydrogen-bond acceptors (Lipinski definition) is 4. The lowest BCUT2D eigenvalue weighted by Crippen LogP contribution is -2.43. The van der Waals surface area contributed by atoms with Gasteiger partial charge >= 0.3 is 5.97 Å².